The molecule has 0 aliphatic carbocycles. The average Bonchev–Trinajstić information content (AvgIpc) is 2.25. The van der Waals surface area contributed by atoms with Crippen molar-refractivity contribution in [1.82, 2.24) is 4.98 Å². The summed E-state index contributed by atoms with van der Waals surface area (Å²) in [5.74, 6) is 0. The maximum atomic E-state index is 12.8. The third-order valence-corrected chi connectivity index (χ3v) is 2.58. The SMILES string of the molecule is Cc1cc(CN)c2cccc(C(F)(F)F)c2n1. The highest BCUT2D eigenvalue weighted by Crippen LogP contribution is 2.34. The van der Waals surface area contributed by atoms with E-state index in [0.29, 0.717) is 16.6 Å². The summed E-state index contributed by atoms with van der Waals surface area (Å²) >= 11 is 0. The minimum atomic E-state index is -4.40. The molecule has 1 heterocycles. The zero-order valence-electron chi connectivity index (χ0n) is 9.17. The fourth-order valence-corrected chi connectivity index (χ4v) is 1.86. The Balaban J connectivity index is 2.85. The molecule has 0 saturated carbocycles. The Hall–Kier alpha value is -1.62. The van der Waals surface area contributed by atoms with Gasteiger partial charge in [-0.3, -0.25) is 4.98 Å². The molecule has 0 unspecified atom stereocenters. The Labute approximate surface area is 96.3 Å². The number of fused-ring (bicyclic) bond motifs is 1. The molecule has 90 valence electrons. The number of halogens is 3. The van der Waals surface area contributed by atoms with E-state index in [4.69, 9.17) is 5.73 Å². The smallest absolute Gasteiger partial charge is 0.326 e. The van der Waals surface area contributed by atoms with Crippen molar-refractivity contribution in [2.45, 2.75) is 19.6 Å². The lowest BCUT2D eigenvalue weighted by atomic mass is 10.0. The lowest BCUT2D eigenvalue weighted by Gasteiger charge is -2.12. The van der Waals surface area contributed by atoms with Gasteiger partial charge in [0.15, 0.2) is 0 Å². The van der Waals surface area contributed by atoms with Crippen LogP contribution in [0.4, 0.5) is 13.2 Å². The first-order valence-electron chi connectivity index (χ1n) is 5.10. The highest BCUT2D eigenvalue weighted by atomic mass is 19.4. The Kier molecular flexibility index (Phi) is 2.79. The first kappa shape index (κ1) is 11.9. The van der Waals surface area contributed by atoms with E-state index in [1.165, 1.54) is 6.07 Å². The quantitative estimate of drug-likeness (QED) is 0.832. The zero-order valence-corrected chi connectivity index (χ0v) is 9.17. The number of pyridine rings is 1. The van der Waals surface area contributed by atoms with E-state index in [1.54, 1.807) is 19.1 Å². The van der Waals surface area contributed by atoms with Crippen LogP contribution in [0.3, 0.4) is 0 Å². The van der Waals surface area contributed by atoms with E-state index in [0.717, 1.165) is 6.07 Å². The predicted octanol–water partition coefficient (Wildman–Crippen LogP) is 3.02. The van der Waals surface area contributed by atoms with E-state index >= 15 is 0 Å². The lowest BCUT2D eigenvalue weighted by Crippen LogP contribution is -2.08. The molecule has 0 aliphatic heterocycles. The Morgan fingerprint density at radius 2 is 2.00 bits per heavy atom. The summed E-state index contributed by atoms with van der Waals surface area (Å²) < 4.78 is 38.4. The molecule has 0 amide bonds. The van der Waals surface area contributed by atoms with Crippen molar-refractivity contribution in [3.05, 3.63) is 41.1 Å². The average molecular weight is 240 g/mol. The van der Waals surface area contributed by atoms with Crippen molar-refractivity contribution < 1.29 is 13.2 Å². The number of aryl methyl sites for hydroxylation is 1. The van der Waals surface area contributed by atoms with Crippen LogP contribution in [0, 0.1) is 6.92 Å². The first-order chi connectivity index (χ1) is 7.93. The molecule has 2 rings (SSSR count). The van der Waals surface area contributed by atoms with Crippen LogP contribution in [0.2, 0.25) is 0 Å². The maximum Gasteiger partial charge on any atom is 0.418 e. The minimum absolute atomic E-state index is 0.0274. The van der Waals surface area contributed by atoms with Gasteiger partial charge in [-0.15, -0.1) is 0 Å². The minimum Gasteiger partial charge on any atom is -0.326 e. The van der Waals surface area contributed by atoms with E-state index in [-0.39, 0.29) is 12.1 Å². The molecular formula is C12H11F3N2. The van der Waals surface area contributed by atoms with E-state index in [2.05, 4.69) is 4.98 Å². The Morgan fingerprint density at radius 3 is 2.59 bits per heavy atom. The number of nitrogens with zero attached hydrogens (tertiary/aromatic N) is 1. The molecule has 0 fully saturated rings. The number of hydrogen-bond acceptors (Lipinski definition) is 2. The third kappa shape index (κ3) is 2.10. The van der Waals surface area contributed by atoms with E-state index in [9.17, 15) is 13.2 Å². The van der Waals surface area contributed by atoms with Gasteiger partial charge in [0.2, 0.25) is 0 Å². The van der Waals surface area contributed by atoms with Crippen molar-refractivity contribution in [1.29, 1.82) is 0 Å². The summed E-state index contributed by atoms with van der Waals surface area (Å²) in [4.78, 5) is 3.98. The first-order valence-corrected chi connectivity index (χ1v) is 5.10. The summed E-state index contributed by atoms with van der Waals surface area (Å²) in [7, 11) is 0. The van der Waals surface area contributed by atoms with Crippen LogP contribution in [0.5, 0.6) is 0 Å². The fourth-order valence-electron chi connectivity index (χ4n) is 1.86. The molecule has 1 aromatic carbocycles. The van der Waals surface area contributed by atoms with Crippen LogP contribution in [0.15, 0.2) is 24.3 Å². The van der Waals surface area contributed by atoms with Crippen molar-refractivity contribution >= 4 is 10.9 Å². The van der Waals surface area contributed by atoms with Crippen LogP contribution < -0.4 is 5.73 Å². The number of hydrogen-bond donors (Lipinski definition) is 1. The molecule has 1 aromatic heterocycles. The number of benzene rings is 1. The van der Waals surface area contributed by atoms with Crippen LogP contribution in [0.1, 0.15) is 16.8 Å². The summed E-state index contributed by atoms with van der Waals surface area (Å²) in [6, 6.07) is 5.73. The van der Waals surface area contributed by atoms with Gasteiger partial charge in [0.05, 0.1) is 11.1 Å². The zero-order chi connectivity index (χ0) is 12.6. The molecule has 2 nitrogen and oxygen atoms in total. The monoisotopic (exact) mass is 240 g/mol. The van der Waals surface area contributed by atoms with Crippen molar-refractivity contribution in [3.63, 3.8) is 0 Å². The highest BCUT2D eigenvalue weighted by molar-refractivity contribution is 5.85. The van der Waals surface area contributed by atoms with E-state index in [1.807, 2.05) is 0 Å². The lowest BCUT2D eigenvalue weighted by molar-refractivity contribution is -0.136. The summed E-state index contributed by atoms with van der Waals surface area (Å²) in [6.07, 6.45) is -4.40. The van der Waals surface area contributed by atoms with Gasteiger partial charge in [-0.05, 0) is 24.6 Å². The van der Waals surface area contributed by atoms with Crippen molar-refractivity contribution in [3.8, 4) is 0 Å². The molecule has 2 aromatic rings. The molecule has 0 saturated heterocycles. The van der Waals surface area contributed by atoms with Gasteiger partial charge in [0.1, 0.15) is 0 Å². The second kappa shape index (κ2) is 4.00. The van der Waals surface area contributed by atoms with Gasteiger partial charge < -0.3 is 5.73 Å². The molecule has 0 atom stereocenters. The van der Waals surface area contributed by atoms with E-state index < -0.39 is 11.7 Å². The number of nitrogens with two attached hydrogens (primary N) is 1. The molecular weight excluding hydrogens is 229 g/mol. The number of rotatable bonds is 1. The molecule has 17 heavy (non-hydrogen) atoms. The van der Waals surface area contributed by atoms with Gasteiger partial charge >= 0.3 is 6.18 Å². The van der Waals surface area contributed by atoms with Crippen molar-refractivity contribution in [2.24, 2.45) is 5.73 Å². The number of alkyl halides is 3. The van der Waals surface area contributed by atoms with Crippen LogP contribution in [-0.4, -0.2) is 4.98 Å². The molecule has 5 heteroatoms. The maximum absolute atomic E-state index is 12.8. The second-order valence-electron chi connectivity index (χ2n) is 3.83. The summed E-state index contributed by atoms with van der Waals surface area (Å²) in [5, 5.41) is 0.466. The second-order valence-corrected chi connectivity index (χ2v) is 3.83. The number of para-hydroxylation sites is 1. The van der Waals surface area contributed by atoms with Crippen LogP contribution in [0.25, 0.3) is 10.9 Å². The topological polar surface area (TPSA) is 38.9 Å². The predicted molar refractivity (Wildman–Crippen MR) is 59.4 cm³/mol. The molecule has 0 spiro atoms. The van der Waals surface area contributed by atoms with Gasteiger partial charge in [-0.1, -0.05) is 12.1 Å². The van der Waals surface area contributed by atoms with Gasteiger partial charge in [0.25, 0.3) is 0 Å². The summed E-state index contributed by atoms with van der Waals surface area (Å²) in [6.45, 7) is 1.85. The fraction of sp³-hybridized carbons (Fsp3) is 0.250. The van der Waals surface area contributed by atoms with Crippen LogP contribution in [-0.2, 0) is 12.7 Å². The van der Waals surface area contributed by atoms with Crippen LogP contribution >= 0.6 is 0 Å². The molecule has 0 aliphatic rings. The molecule has 0 radical (unpaired) electrons. The number of aromatic nitrogens is 1. The Morgan fingerprint density at radius 1 is 1.29 bits per heavy atom. The van der Waals surface area contributed by atoms with Crippen molar-refractivity contribution in [2.75, 3.05) is 0 Å². The Bertz CT molecular complexity index is 561. The summed E-state index contributed by atoms with van der Waals surface area (Å²) in [5.41, 5.74) is 6.01. The molecule has 0 bridgehead atoms. The standard InChI is InChI=1S/C12H11F3N2/c1-7-5-8(6-16)9-3-2-4-10(11(9)17-7)12(13,14)15/h2-5H,6,16H2,1H3. The molecule has 2 N–H and O–H groups in total. The normalized spacial score (nSPS) is 12.1. The van der Waals surface area contributed by atoms with Gasteiger partial charge in [-0.25, -0.2) is 0 Å². The van der Waals surface area contributed by atoms with Gasteiger partial charge in [0, 0.05) is 17.6 Å². The largest absolute Gasteiger partial charge is 0.418 e. The van der Waals surface area contributed by atoms with Gasteiger partial charge in [-0.2, -0.15) is 13.2 Å². The highest BCUT2D eigenvalue weighted by Gasteiger charge is 2.33. The third-order valence-electron chi connectivity index (χ3n) is 2.58.